The maximum Gasteiger partial charge on any atom is 0.417 e. The minimum Gasteiger partial charge on any atom is -0.346 e. The lowest BCUT2D eigenvalue weighted by atomic mass is 10.2. The molecule has 0 saturated carbocycles. The number of aromatic nitrogens is 4. The predicted octanol–water partition coefficient (Wildman–Crippen LogP) is 4.03. The van der Waals surface area contributed by atoms with E-state index in [0.717, 1.165) is 23.7 Å². The van der Waals surface area contributed by atoms with Gasteiger partial charge in [-0.05, 0) is 6.07 Å². The number of benzene rings is 1. The zero-order valence-electron chi connectivity index (χ0n) is 13.4. The minimum absolute atomic E-state index is 0.0314. The van der Waals surface area contributed by atoms with Gasteiger partial charge in [0.25, 0.3) is 0 Å². The van der Waals surface area contributed by atoms with Crippen molar-refractivity contribution in [3.63, 3.8) is 0 Å². The number of halogens is 4. The van der Waals surface area contributed by atoms with Gasteiger partial charge in [0.05, 0.1) is 17.1 Å². The van der Waals surface area contributed by atoms with Crippen molar-refractivity contribution in [3.05, 3.63) is 59.0 Å². The van der Waals surface area contributed by atoms with Gasteiger partial charge in [0.2, 0.25) is 0 Å². The van der Waals surface area contributed by atoms with Gasteiger partial charge in [0, 0.05) is 24.8 Å². The van der Waals surface area contributed by atoms with E-state index < -0.39 is 11.7 Å². The van der Waals surface area contributed by atoms with Gasteiger partial charge in [-0.15, -0.1) is 10.2 Å². The number of anilines is 1. The molecule has 0 unspecified atom stereocenters. The third-order valence-corrected chi connectivity index (χ3v) is 4.51. The largest absolute Gasteiger partial charge is 0.417 e. The van der Waals surface area contributed by atoms with E-state index in [0.29, 0.717) is 31.3 Å². The fourth-order valence-corrected chi connectivity index (χ4v) is 3.24. The molecule has 0 bridgehead atoms. The minimum atomic E-state index is -4.47. The molecule has 26 heavy (non-hydrogen) atoms. The molecule has 5 nitrogen and oxygen atoms in total. The Morgan fingerprint density at radius 3 is 2.50 bits per heavy atom. The first-order valence-electron chi connectivity index (χ1n) is 7.88. The van der Waals surface area contributed by atoms with Gasteiger partial charge in [-0.25, -0.2) is 4.98 Å². The maximum absolute atomic E-state index is 12.8. The lowest BCUT2D eigenvalue weighted by Crippen LogP contribution is -2.34. The van der Waals surface area contributed by atoms with E-state index in [-0.39, 0.29) is 5.02 Å². The molecule has 134 valence electrons. The molecule has 0 spiro atoms. The molecule has 0 aliphatic carbocycles. The Bertz CT molecular complexity index is 939. The van der Waals surface area contributed by atoms with Crippen molar-refractivity contribution in [2.75, 3.05) is 11.4 Å². The van der Waals surface area contributed by atoms with Crippen molar-refractivity contribution in [3.8, 4) is 11.4 Å². The fourth-order valence-electron chi connectivity index (χ4n) is 2.96. The first-order chi connectivity index (χ1) is 12.4. The Kier molecular flexibility index (Phi) is 4.07. The van der Waals surface area contributed by atoms with E-state index >= 15 is 0 Å². The number of rotatable bonds is 2. The summed E-state index contributed by atoms with van der Waals surface area (Å²) in [5.74, 6) is 1.80. The second kappa shape index (κ2) is 6.28. The Morgan fingerprint density at radius 1 is 1.04 bits per heavy atom. The molecule has 0 amide bonds. The van der Waals surface area contributed by atoms with Crippen LogP contribution in [0.2, 0.25) is 5.02 Å². The molecule has 0 saturated heterocycles. The molecule has 0 atom stereocenters. The highest BCUT2D eigenvalue weighted by atomic mass is 35.5. The van der Waals surface area contributed by atoms with Crippen LogP contribution in [0.15, 0.2) is 42.6 Å². The van der Waals surface area contributed by atoms with Crippen LogP contribution in [0, 0.1) is 0 Å². The summed E-state index contributed by atoms with van der Waals surface area (Å²) in [5, 5.41) is 8.43. The third kappa shape index (κ3) is 3.01. The first-order valence-corrected chi connectivity index (χ1v) is 8.26. The lowest BCUT2D eigenvalue weighted by Gasteiger charge is -2.29. The topological polar surface area (TPSA) is 46.8 Å². The number of hydrogen-bond donors (Lipinski definition) is 0. The maximum atomic E-state index is 12.8. The molecule has 9 heteroatoms. The summed E-state index contributed by atoms with van der Waals surface area (Å²) >= 11 is 6.05. The van der Waals surface area contributed by atoms with Crippen LogP contribution < -0.4 is 4.90 Å². The number of nitrogens with zero attached hydrogens (tertiary/aromatic N) is 5. The molecule has 1 aliphatic heterocycles. The summed E-state index contributed by atoms with van der Waals surface area (Å²) in [7, 11) is 0. The van der Waals surface area contributed by atoms with E-state index in [4.69, 9.17) is 11.6 Å². The van der Waals surface area contributed by atoms with Gasteiger partial charge < -0.3 is 9.47 Å². The molecule has 1 aliphatic rings. The average molecular weight is 380 g/mol. The summed E-state index contributed by atoms with van der Waals surface area (Å²) in [5.41, 5.74) is 0.100. The van der Waals surface area contributed by atoms with E-state index in [2.05, 4.69) is 15.2 Å². The molecule has 0 fully saturated rings. The lowest BCUT2D eigenvalue weighted by molar-refractivity contribution is -0.137. The van der Waals surface area contributed by atoms with Crippen molar-refractivity contribution in [1.29, 1.82) is 0 Å². The molecule has 2 aromatic heterocycles. The van der Waals surface area contributed by atoms with Crippen LogP contribution in [0.5, 0.6) is 0 Å². The van der Waals surface area contributed by atoms with Gasteiger partial charge in [-0.2, -0.15) is 13.2 Å². The van der Waals surface area contributed by atoms with E-state index in [1.807, 2.05) is 34.9 Å². The zero-order valence-corrected chi connectivity index (χ0v) is 14.2. The Labute approximate surface area is 152 Å². The van der Waals surface area contributed by atoms with Crippen molar-refractivity contribution in [1.82, 2.24) is 19.7 Å². The van der Waals surface area contributed by atoms with Crippen LogP contribution in [-0.2, 0) is 19.3 Å². The zero-order chi connectivity index (χ0) is 18.3. The number of pyridine rings is 1. The van der Waals surface area contributed by atoms with Crippen LogP contribution in [0.25, 0.3) is 11.4 Å². The van der Waals surface area contributed by atoms with Crippen LogP contribution in [0.3, 0.4) is 0 Å². The van der Waals surface area contributed by atoms with Gasteiger partial charge in [0.1, 0.15) is 5.82 Å². The summed E-state index contributed by atoms with van der Waals surface area (Å²) < 4.78 is 40.3. The molecule has 0 N–H and O–H groups in total. The quantitative estimate of drug-likeness (QED) is 0.674. The molecular formula is C17H13ClF3N5. The normalized spacial score (nSPS) is 14.4. The summed E-state index contributed by atoms with van der Waals surface area (Å²) in [6, 6.07) is 10.6. The summed E-state index contributed by atoms with van der Waals surface area (Å²) in [4.78, 5) is 5.73. The van der Waals surface area contributed by atoms with Crippen molar-refractivity contribution >= 4 is 17.4 Å². The van der Waals surface area contributed by atoms with Gasteiger partial charge in [0.15, 0.2) is 11.6 Å². The standard InChI is InChI=1S/C17H13ClF3N5/c18-13-8-12(17(19,20)21)9-22-16(13)25-6-7-26-14(10-25)23-24-15(26)11-4-2-1-3-5-11/h1-5,8-9H,6-7,10H2. The predicted molar refractivity (Wildman–Crippen MR) is 90.8 cm³/mol. The second-order valence-corrected chi connectivity index (χ2v) is 6.31. The summed E-state index contributed by atoms with van der Waals surface area (Å²) in [6.07, 6.45) is -3.67. The van der Waals surface area contributed by atoms with E-state index in [9.17, 15) is 13.2 Å². The molecule has 3 aromatic rings. The van der Waals surface area contributed by atoms with Crippen LogP contribution in [0.1, 0.15) is 11.4 Å². The van der Waals surface area contributed by atoms with Crippen LogP contribution >= 0.6 is 11.6 Å². The first kappa shape index (κ1) is 16.8. The number of alkyl halides is 3. The van der Waals surface area contributed by atoms with Crippen molar-refractivity contribution < 1.29 is 13.2 Å². The van der Waals surface area contributed by atoms with Crippen LogP contribution in [-0.4, -0.2) is 26.3 Å². The monoisotopic (exact) mass is 379 g/mol. The highest BCUT2D eigenvalue weighted by Gasteiger charge is 2.32. The highest BCUT2D eigenvalue weighted by molar-refractivity contribution is 6.33. The highest BCUT2D eigenvalue weighted by Crippen LogP contribution is 2.34. The number of hydrogen-bond acceptors (Lipinski definition) is 4. The van der Waals surface area contributed by atoms with Crippen LogP contribution in [0.4, 0.5) is 19.0 Å². The van der Waals surface area contributed by atoms with Gasteiger partial charge in [-0.1, -0.05) is 41.9 Å². The smallest absolute Gasteiger partial charge is 0.346 e. The van der Waals surface area contributed by atoms with Gasteiger partial charge >= 0.3 is 6.18 Å². The Balaban J connectivity index is 1.61. The summed E-state index contributed by atoms with van der Waals surface area (Å²) in [6.45, 7) is 1.51. The average Bonchev–Trinajstić information content (AvgIpc) is 3.04. The Hall–Kier alpha value is -2.61. The third-order valence-electron chi connectivity index (χ3n) is 4.23. The van der Waals surface area contributed by atoms with Gasteiger partial charge in [-0.3, -0.25) is 0 Å². The van der Waals surface area contributed by atoms with Crippen molar-refractivity contribution in [2.24, 2.45) is 0 Å². The second-order valence-electron chi connectivity index (χ2n) is 5.91. The van der Waals surface area contributed by atoms with Crippen molar-refractivity contribution in [2.45, 2.75) is 19.3 Å². The molecule has 0 radical (unpaired) electrons. The Morgan fingerprint density at radius 2 is 1.81 bits per heavy atom. The van der Waals surface area contributed by atoms with E-state index in [1.54, 1.807) is 4.90 Å². The molecule has 4 rings (SSSR count). The molecule has 3 heterocycles. The molecular weight excluding hydrogens is 367 g/mol. The molecule has 1 aromatic carbocycles. The number of fused-ring (bicyclic) bond motifs is 1. The SMILES string of the molecule is FC(F)(F)c1cnc(N2CCn3c(nnc3-c3ccccc3)C2)c(Cl)c1. The fraction of sp³-hybridized carbons (Fsp3) is 0.235. The van der Waals surface area contributed by atoms with E-state index in [1.165, 1.54) is 0 Å².